The summed E-state index contributed by atoms with van der Waals surface area (Å²) in [6.45, 7) is 6.24. The maximum atomic E-state index is 5.54. The van der Waals surface area contributed by atoms with Crippen LogP contribution in [0.3, 0.4) is 0 Å². The minimum Gasteiger partial charge on any atom is -0.308 e. The molecule has 0 aliphatic heterocycles. The molecule has 3 N–H and O–H groups in total. The van der Waals surface area contributed by atoms with E-state index in [4.69, 9.17) is 5.84 Å². The molecular formula is C15H18N6. The van der Waals surface area contributed by atoms with E-state index in [2.05, 4.69) is 53.3 Å². The Morgan fingerprint density at radius 3 is 2.62 bits per heavy atom. The van der Waals surface area contributed by atoms with Gasteiger partial charge in [0.25, 0.3) is 0 Å². The highest BCUT2D eigenvalue weighted by atomic mass is 15.3. The first kappa shape index (κ1) is 13.5. The van der Waals surface area contributed by atoms with E-state index in [0.717, 1.165) is 28.8 Å². The predicted molar refractivity (Wildman–Crippen MR) is 83.3 cm³/mol. The minimum atomic E-state index is 0.646. The molecule has 0 bridgehead atoms. The van der Waals surface area contributed by atoms with E-state index in [1.165, 1.54) is 17.5 Å². The monoisotopic (exact) mass is 282 g/mol. The van der Waals surface area contributed by atoms with E-state index in [-0.39, 0.29) is 0 Å². The number of imidazole rings is 1. The normalized spacial score (nSPS) is 11.0. The minimum absolute atomic E-state index is 0.646. The van der Waals surface area contributed by atoms with Crippen molar-refractivity contribution in [1.29, 1.82) is 0 Å². The zero-order valence-corrected chi connectivity index (χ0v) is 12.4. The molecule has 0 fully saturated rings. The highest BCUT2D eigenvalue weighted by Crippen LogP contribution is 2.25. The maximum absolute atomic E-state index is 5.54. The summed E-state index contributed by atoms with van der Waals surface area (Å²) in [6, 6.07) is 4.23. The molecule has 21 heavy (non-hydrogen) atoms. The Bertz CT molecular complexity index is 805. The highest BCUT2D eigenvalue weighted by molar-refractivity contribution is 5.79. The Balaban J connectivity index is 2.28. The third-order valence-electron chi connectivity index (χ3n) is 3.80. The van der Waals surface area contributed by atoms with Crippen LogP contribution in [0.5, 0.6) is 0 Å². The van der Waals surface area contributed by atoms with Crippen LogP contribution in [0, 0.1) is 13.8 Å². The van der Waals surface area contributed by atoms with Crippen LogP contribution in [-0.4, -0.2) is 19.5 Å². The van der Waals surface area contributed by atoms with Gasteiger partial charge in [0.2, 0.25) is 0 Å². The van der Waals surface area contributed by atoms with Crippen LogP contribution in [0.2, 0.25) is 0 Å². The number of aryl methyl sites for hydroxylation is 2. The molecule has 0 atom stereocenters. The van der Waals surface area contributed by atoms with Crippen molar-refractivity contribution in [2.45, 2.75) is 27.2 Å². The molecule has 6 heteroatoms. The number of hydrogen-bond acceptors (Lipinski definition) is 5. The first-order chi connectivity index (χ1) is 10.2. The number of fused-ring (bicyclic) bond motifs is 1. The average Bonchev–Trinajstić information content (AvgIpc) is 2.89. The van der Waals surface area contributed by atoms with E-state index in [0.29, 0.717) is 5.82 Å². The molecule has 0 radical (unpaired) electrons. The Morgan fingerprint density at radius 1 is 1.14 bits per heavy atom. The number of nitrogens with zero attached hydrogens (tertiary/aromatic N) is 4. The number of aromatic nitrogens is 4. The van der Waals surface area contributed by atoms with Gasteiger partial charge in [-0.15, -0.1) is 0 Å². The summed E-state index contributed by atoms with van der Waals surface area (Å²) in [4.78, 5) is 13.1. The molecule has 1 aromatic carbocycles. The van der Waals surface area contributed by atoms with Crippen LogP contribution in [0.25, 0.3) is 16.9 Å². The lowest BCUT2D eigenvalue weighted by atomic mass is 10.1. The SMILES string of the molecule is CCc1c(NN)ncnc1-n1cnc2cc(C)c(C)cc21. The first-order valence-corrected chi connectivity index (χ1v) is 6.90. The topological polar surface area (TPSA) is 81.6 Å². The quantitative estimate of drug-likeness (QED) is 0.569. The number of nitrogens with two attached hydrogens (primary N) is 1. The first-order valence-electron chi connectivity index (χ1n) is 6.90. The van der Waals surface area contributed by atoms with Crippen molar-refractivity contribution in [3.8, 4) is 5.82 Å². The number of nitrogen functional groups attached to an aromatic ring is 1. The summed E-state index contributed by atoms with van der Waals surface area (Å²) < 4.78 is 1.99. The second kappa shape index (κ2) is 5.14. The van der Waals surface area contributed by atoms with E-state index < -0.39 is 0 Å². The van der Waals surface area contributed by atoms with Gasteiger partial charge in [-0.3, -0.25) is 4.57 Å². The van der Waals surface area contributed by atoms with Gasteiger partial charge in [0.15, 0.2) is 0 Å². The summed E-state index contributed by atoms with van der Waals surface area (Å²) in [7, 11) is 0. The summed E-state index contributed by atoms with van der Waals surface area (Å²) in [5.41, 5.74) is 8.06. The number of hydrogen-bond donors (Lipinski definition) is 2. The predicted octanol–water partition coefficient (Wildman–Crippen LogP) is 2.28. The fraction of sp³-hybridized carbons (Fsp3) is 0.267. The zero-order valence-electron chi connectivity index (χ0n) is 12.4. The van der Waals surface area contributed by atoms with Crippen molar-refractivity contribution in [3.63, 3.8) is 0 Å². The summed E-state index contributed by atoms with van der Waals surface area (Å²) >= 11 is 0. The maximum Gasteiger partial charge on any atom is 0.148 e. The van der Waals surface area contributed by atoms with Crippen molar-refractivity contribution in [1.82, 2.24) is 19.5 Å². The Hall–Kier alpha value is -2.47. The Kier molecular flexibility index (Phi) is 3.31. The fourth-order valence-corrected chi connectivity index (χ4v) is 2.49. The van der Waals surface area contributed by atoms with E-state index in [9.17, 15) is 0 Å². The smallest absolute Gasteiger partial charge is 0.148 e. The Labute approximate surface area is 123 Å². The van der Waals surface area contributed by atoms with Crippen LogP contribution >= 0.6 is 0 Å². The van der Waals surface area contributed by atoms with Gasteiger partial charge in [0.05, 0.1) is 11.0 Å². The van der Waals surface area contributed by atoms with Gasteiger partial charge in [-0.25, -0.2) is 20.8 Å². The van der Waals surface area contributed by atoms with Crippen molar-refractivity contribution in [2.24, 2.45) is 5.84 Å². The standard InChI is InChI=1S/C15H18N6/c1-4-11-14(20-16)17-7-18-15(11)21-8-19-12-5-9(2)10(3)6-13(12)21/h5-8H,4,16H2,1-3H3,(H,17,18,20). The molecule has 0 unspecified atom stereocenters. The molecule has 2 heterocycles. The molecule has 3 aromatic rings. The molecule has 108 valence electrons. The van der Waals surface area contributed by atoms with Gasteiger partial charge in [0.1, 0.15) is 24.3 Å². The lowest BCUT2D eigenvalue weighted by Crippen LogP contribution is -2.14. The lowest BCUT2D eigenvalue weighted by Gasteiger charge is -2.12. The summed E-state index contributed by atoms with van der Waals surface area (Å²) in [6.07, 6.45) is 4.09. The van der Waals surface area contributed by atoms with Crippen molar-refractivity contribution < 1.29 is 0 Å². The molecular weight excluding hydrogens is 264 g/mol. The third-order valence-corrected chi connectivity index (χ3v) is 3.80. The number of rotatable bonds is 3. The molecule has 3 rings (SSSR count). The van der Waals surface area contributed by atoms with E-state index in [1.54, 1.807) is 6.33 Å². The van der Waals surface area contributed by atoms with Gasteiger partial charge >= 0.3 is 0 Å². The van der Waals surface area contributed by atoms with Crippen molar-refractivity contribution in [2.75, 3.05) is 5.43 Å². The largest absolute Gasteiger partial charge is 0.308 e. The molecule has 6 nitrogen and oxygen atoms in total. The molecule has 0 spiro atoms. The van der Waals surface area contributed by atoms with Crippen LogP contribution in [0.15, 0.2) is 24.8 Å². The lowest BCUT2D eigenvalue weighted by molar-refractivity contribution is 0.936. The van der Waals surface area contributed by atoms with Gasteiger partial charge < -0.3 is 5.43 Å². The number of benzene rings is 1. The Morgan fingerprint density at radius 2 is 1.90 bits per heavy atom. The zero-order chi connectivity index (χ0) is 15.0. The van der Waals surface area contributed by atoms with Crippen LogP contribution < -0.4 is 11.3 Å². The highest BCUT2D eigenvalue weighted by Gasteiger charge is 2.14. The van der Waals surface area contributed by atoms with E-state index >= 15 is 0 Å². The van der Waals surface area contributed by atoms with Gasteiger partial charge in [-0.05, 0) is 43.5 Å². The molecule has 0 aliphatic carbocycles. The number of nitrogens with one attached hydrogen (secondary N) is 1. The van der Waals surface area contributed by atoms with Crippen molar-refractivity contribution >= 4 is 16.9 Å². The molecule has 0 amide bonds. The second-order valence-electron chi connectivity index (χ2n) is 5.06. The van der Waals surface area contributed by atoms with Gasteiger partial charge in [0, 0.05) is 5.56 Å². The van der Waals surface area contributed by atoms with Crippen LogP contribution in [0.4, 0.5) is 5.82 Å². The molecule has 2 aromatic heterocycles. The number of anilines is 1. The average molecular weight is 282 g/mol. The molecule has 0 saturated carbocycles. The van der Waals surface area contributed by atoms with Gasteiger partial charge in [-0.1, -0.05) is 6.92 Å². The van der Waals surface area contributed by atoms with E-state index in [1.807, 2.05) is 4.57 Å². The third kappa shape index (κ3) is 2.13. The molecule has 0 aliphatic rings. The second-order valence-corrected chi connectivity index (χ2v) is 5.06. The molecule has 0 saturated heterocycles. The van der Waals surface area contributed by atoms with Crippen molar-refractivity contribution in [3.05, 3.63) is 41.5 Å². The van der Waals surface area contributed by atoms with Gasteiger partial charge in [-0.2, -0.15) is 0 Å². The van der Waals surface area contributed by atoms with Crippen LogP contribution in [0.1, 0.15) is 23.6 Å². The van der Waals surface area contributed by atoms with Crippen LogP contribution in [-0.2, 0) is 6.42 Å². The number of hydrazine groups is 1. The summed E-state index contributed by atoms with van der Waals surface area (Å²) in [5.74, 6) is 7.00. The summed E-state index contributed by atoms with van der Waals surface area (Å²) in [5, 5.41) is 0. The fourth-order valence-electron chi connectivity index (χ4n) is 2.49.